The van der Waals surface area contributed by atoms with Gasteiger partial charge in [0.15, 0.2) is 6.29 Å². The molecule has 1 aromatic rings. The molecule has 8 nitrogen and oxygen atoms in total. The minimum absolute atomic E-state index is 0.0279. The lowest BCUT2D eigenvalue weighted by Crippen LogP contribution is -2.59. The fourth-order valence-corrected chi connectivity index (χ4v) is 2.30. The van der Waals surface area contributed by atoms with Crippen LogP contribution in [0, 0.1) is 0 Å². The van der Waals surface area contributed by atoms with E-state index in [1.807, 2.05) is 0 Å². The van der Waals surface area contributed by atoms with Crippen LogP contribution < -0.4 is 0 Å². The molecule has 1 aromatic carbocycles. The van der Waals surface area contributed by atoms with Gasteiger partial charge in [-0.05, 0) is 17.7 Å². The van der Waals surface area contributed by atoms with Gasteiger partial charge in [0.2, 0.25) is 0 Å². The minimum atomic E-state index is -1.47. The monoisotopic (exact) mass is 328 g/mol. The first-order valence-electron chi connectivity index (χ1n) is 7.07. The van der Waals surface area contributed by atoms with Gasteiger partial charge >= 0.3 is 5.97 Å². The smallest absolute Gasteiger partial charge is 0.337 e. The van der Waals surface area contributed by atoms with Crippen LogP contribution >= 0.6 is 0 Å². The number of aliphatic hydroxyl groups is 4. The first-order valence-corrected chi connectivity index (χ1v) is 7.07. The molecule has 1 fully saturated rings. The summed E-state index contributed by atoms with van der Waals surface area (Å²) in [5.41, 5.74) is 1.08. The van der Waals surface area contributed by atoms with Crippen molar-refractivity contribution in [1.29, 1.82) is 0 Å². The molecule has 1 saturated heterocycles. The van der Waals surface area contributed by atoms with Gasteiger partial charge in [0.25, 0.3) is 0 Å². The highest BCUT2D eigenvalue weighted by Crippen LogP contribution is 2.23. The van der Waals surface area contributed by atoms with Crippen LogP contribution in [0.4, 0.5) is 0 Å². The maximum absolute atomic E-state index is 11.3. The Labute approximate surface area is 132 Å². The first kappa shape index (κ1) is 17.8. The van der Waals surface area contributed by atoms with Crippen molar-refractivity contribution in [2.24, 2.45) is 0 Å². The quantitative estimate of drug-likeness (QED) is 0.496. The van der Waals surface area contributed by atoms with Gasteiger partial charge in [-0.3, -0.25) is 0 Å². The van der Waals surface area contributed by atoms with Crippen molar-refractivity contribution in [1.82, 2.24) is 0 Å². The molecule has 0 unspecified atom stereocenters. The average molecular weight is 328 g/mol. The molecule has 1 heterocycles. The number of aliphatic hydroxyl groups excluding tert-OH is 4. The normalized spacial score (nSPS) is 30.9. The Morgan fingerprint density at radius 1 is 1.17 bits per heavy atom. The van der Waals surface area contributed by atoms with Crippen LogP contribution in [-0.4, -0.2) is 70.8 Å². The number of methoxy groups -OCH3 is 1. The molecule has 0 radical (unpaired) electrons. The fourth-order valence-electron chi connectivity index (χ4n) is 2.30. The zero-order valence-electron chi connectivity index (χ0n) is 12.5. The van der Waals surface area contributed by atoms with Crippen molar-refractivity contribution in [3.05, 3.63) is 35.4 Å². The summed E-state index contributed by atoms with van der Waals surface area (Å²) in [4.78, 5) is 11.3. The van der Waals surface area contributed by atoms with Crippen molar-refractivity contribution in [3.63, 3.8) is 0 Å². The van der Waals surface area contributed by atoms with Crippen LogP contribution in [0.2, 0.25) is 0 Å². The molecule has 1 aliphatic rings. The van der Waals surface area contributed by atoms with Crippen molar-refractivity contribution in [3.8, 4) is 0 Å². The third-order valence-corrected chi connectivity index (χ3v) is 3.66. The summed E-state index contributed by atoms with van der Waals surface area (Å²) in [7, 11) is 1.29. The fraction of sp³-hybridized carbons (Fsp3) is 0.533. The van der Waals surface area contributed by atoms with Gasteiger partial charge in [0.05, 0.1) is 25.9 Å². The van der Waals surface area contributed by atoms with Gasteiger partial charge in [-0.15, -0.1) is 0 Å². The van der Waals surface area contributed by atoms with Crippen LogP contribution in [0.15, 0.2) is 24.3 Å². The number of hydrogen-bond acceptors (Lipinski definition) is 8. The van der Waals surface area contributed by atoms with E-state index in [2.05, 4.69) is 4.74 Å². The lowest BCUT2D eigenvalue weighted by molar-refractivity contribution is -0.298. The lowest BCUT2D eigenvalue weighted by atomic mass is 9.99. The largest absolute Gasteiger partial charge is 0.465 e. The van der Waals surface area contributed by atoms with Crippen LogP contribution in [0.3, 0.4) is 0 Å². The second-order valence-corrected chi connectivity index (χ2v) is 5.19. The summed E-state index contributed by atoms with van der Waals surface area (Å²) >= 11 is 0. The summed E-state index contributed by atoms with van der Waals surface area (Å²) in [5, 5.41) is 38.5. The highest BCUT2D eigenvalue weighted by molar-refractivity contribution is 5.89. The van der Waals surface area contributed by atoms with Gasteiger partial charge in [-0.25, -0.2) is 4.79 Å². The molecule has 0 spiro atoms. The number of carbonyl (C=O) groups is 1. The zero-order valence-corrected chi connectivity index (χ0v) is 12.5. The van der Waals surface area contributed by atoms with E-state index >= 15 is 0 Å². The standard InChI is InChI=1S/C15H20O8/c1-21-14(19)9-4-2-8(3-5-9)7-22-13-12(18)11(17)10(6-16)23-15(13)20/h2-5,10-13,15-18,20H,6-7H2,1H3/t10-,11-,12+,13+,15+/m1/s1. The molecule has 8 heteroatoms. The molecule has 4 N–H and O–H groups in total. The van der Waals surface area contributed by atoms with E-state index in [4.69, 9.17) is 14.6 Å². The molecule has 0 bridgehead atoms. The molecular weight excluding hydrogens is 308 g/mol. The van der Waals surface area contributed by atoms with Crippen molar-refractivity contribution in [2.75, 3.05) is 13.7 Å². The van der Waals surface area contributed by atoms with E-state index in [9.17, 15) is 20.1 Å². The van der Waals surface area contributed by atoms with Crippen molar-refractivity contribution < 1.29 is 39.4 Å². The van der Waals surface area contributed by atoms with E-state index in [1.165, 1.54) is 7.11 Å². The maximum atomic E-state index is 11.3. The summed E-state index contributed by atoms with van der Waals surface area (Å²) < 4.78 is 15.0. The van der Waals surface area contributed by atoms with Crippen LogP contribution in [-0.2, 0) is 20.8 Å². The first-order chi connectivity index (χ1) is 11.0. The van der Waals surface area contributed by atoms with Gasteiger partial charge in [-0.1, -0.05) is 12.1 Å². The number of rotatable bonds is 5. The topological polar surface area (TPSA) is 126 Å². The average Bonchev–Trinajstić information content (AvgIpc) is 2.57. The summed E-state index contributed by atoms with van der Waals surface area (Å²) in [6.07, 6.45) is -6.47. The van der Waals surface area contributed by atoms with Gasteiger partial charge in [0.1, 0.15) is 24.4 Å². The third-order valence-electron chi connectivity index (χ3n) is 3.66. The highest BCUT2D eigenvalue weighted by Gasteiger charge is 2.44. The molecular formula is C15H20O8. The molecule has 23 heavy (non-hydrogen) atoms. The summed E-state index contributed by atoms with van der Waals surface area (Å²) in [5.74, 6) is -0.456. The molecule has 1 aliphatic heterocycles. The van der Waals surface area contributed by atoms with Crippen molar-refractivity contribution >= 4 is 5.97 Å². The number of ether oxygens (including phenoxy) is 3. The Bertz CT molecular complexity index is 517. The maximum Gasteiger partial charge on any atom is 0.337 e. The lowest BCUT2D eigenvalue weighted by Gasteiger charge is -2.39. The second kappa shape index (κ2) is 7.82. The summed E-state index contributed by atoms with van der Waals surface area (Å²) in [6.45, 7) is -0.503. The van der Waals surface area contributed by atoms with Crippen LogP contribution in [0.1, 0.15) is 15.9 Å². The highest BCUT2D eigenvalue weighted by atomic mass is 16.7. The Balaban J connectivity index is 1.96. The van der Waals surface area contributed by atoms with Gasteiger partial charge in [0, 0.05) is 0 Å². The summed E-state index contributed by atoms with van der Waals surface area (Å²) in [6, 6.07) is 6.40. The van der Waals surface area contributed by atoms with Crippen LogP contribution in [0.25, 0.3) is 0 Å². The molecule has 2 rings (SSSR count). The molecule has 0 amide bonds. The van der Waals surface area contributed by atoms with E-state index in [0.29, 0.717) is 11.1 Å². The van der Waals surface area contributed by atoms with E-state index in [1.54, 1.807) is 24.3 Å². The number of carbonyl (C=O) groups excluding carboxylic acids is 1. The predicted octanol–water partition coefficient (Wildman–Crippen LogP) is -1.21. The molecule has 5 atom stereocenters. The van der Waals surface area contributed by atoms with Gasteiger partial charge < -0.3 is 34.6 Å². The SMILES string of the molecule is COC(=O)c1ccc(CO[C@H]2[C@@H](O)[C@H](O)[C@@H](CO)O[C@@H]2O)cc1. The number of esters is 1. The molecule has 0 saturated carbocycles. The Morgan fingerprint density at radius 3 is 2.39 bits per heavy atom. The van der Waals surface area contributed by atoms with E-state index in [0.717, 1.165) is 0 Å². The minimum Gasteiger partial charge on any atom is -0.465 e. The Kier molecular flexibility index (Phi) is 6.05. The molecule has 0 aromatic heterocycles. The molecule has 128 valence electrons. The zero-order chi connectivity index (χ0) is 17.0. The predicted molar refractivity (Wildman–Crippen MR) is 76.3 cm³/mol. The van der Waals surface area contributed by atoms with Gasteiger partial charge in [-0.2, -0.15) is 0 Å². The van der Waals surface area contributed by atoms with Crippen molar-refractivity contribution in [2.45, 2.75) is 37.3 Å². The second-order valence-electron chi connectivity index (χ2n) is 5.19. The number of benzene rings is 1. The Morgan fingerprint density at radius 2 is 1.83 bits per heavy atom. The van der Waals surface area contributed by atoms with E-state index < -0.39 is 43.3 Å². The van der Waals surface area contributed by atoms with Crippen LogP contribution in [0.5, 0.6) is 0 Å². The third kappa shape index (κ3) is 4.05. The Hall–Kier alpha value is -1.55. The number of hydrogen-bond donors (Lipinski definition) is 4. The van der Waals surface area contributed by atoms with E-state index in [-0.39, 0.29) is 6.61 Å². The molecule has 0 aliphatic carbocycles.